The minimum Gasteiger partial charge on any atom is -0.508 e. The van der Waals surface area contributed by atoms with Gasteiger partial charge in [-0.3, -0.25) is 33.6 Å². The van der Waals surface area contributed by atoms with E-state index in [2.05, 4.69) is 47.2 Å². The van der Waals surface area contributed by atoms with Crippen molar-refractivity contribution in [3.63, 3.8) is 0 Å². The molecule has 3 aromatic rings. The highest BCUT2D eigenvalue weighted by atomic mass is 33.1. The van der Waals surface area contributed by atoms with Gasteiger partial charge in [0.05, 0.1) is 19.8 Å². The molecule has 414 valence electrons. The predicted molar refractivity (Wildman–Crippen MR) is 283 cm³/mol. The number of carboxylic acid groups (broad SMARTS) is 1. The van der Waals surface area contributed by atoms with Gasteiger partial charge in [-0.05, 0) is 54.9 Å². The van der Waals surface area contributed by atoms with Crippen LogP contribution in [0.25, 0.3) is 0 Å². The number of hydrogen-bond acceptors (Lipinski definition) is 22. The van der Waals surface area contributed by atoms with E-state index in [-0.39, 0.29) is 82.7 Å². The van der Waals surface area contributed by atoms with Gasteiger partial charge in [-0.25, -0.2) is 9.78 Å². The number of phenolic OH excluding ortho intramolecular Hbond substituents is 1. The van der Waals surface area contributed by atoms with Crippen LogP contribution < -0.4 is 37.2 Å². The SMILES string of the molecule is CSCCC(NC(=O)C1CSSCC(NC(=O)C(CO)NC(=O)CNC(=S)c2nc(C(=O)CC(C)C)oc2O)C(=O)NC(Cc2ccc(O)cc2)C(=O)N2CCCC2c2nc(c(O)o2)C(=S)NC(CO)C(=O)N1)C(=O)O. The summed E-state index contributed by atoms with van der Waals surface area (Å²) < 4.78 is 10.7. The van der Waals surface area contributed by atoms with E-state index in [9.17, 15) is 69.0 Å². The van der Waals surface area contributed by atoms with Crippen LogP contribution in [0.2, 0.25) is 0 Å². The van der Waals surface area contributed by atoms with Gasteiger partial charge in [0.25, 0.3) is 5.89 Å². The molecule has 31 heteroatoms. The van der Waals surface area contributed by atoms with Gasteiger partial charge >= 0.3 is 17.9 Å². The van der Waals surface area contributed by atoms with Gasteiger partial charge in [0, 0.05) is 30.9 Å². The number of Topliss-reactive ketones (excluding diaryl/α,β-unsaturated/α-hetero) is 1. The molecule has 5 rings (SSSR count). The maximum Gasteiger partial charge on any atom is 0.326 e. The lowest BCUT2D eigenvalue weighted by Crippen LogP contribution is -2.59. The van der Waals surface area contributed by atoms with Gasteiger partial charge in [-0.2, -0.15) is 16.7 Å². The first-order chi connectivity index (χ1) is 36.1. The molecule has 2 bridgehead atoms. The van der Waals surface area contributed by atoms with E-state index >= 15 is 0 Å². The summed E-state index contributed by atoms with van der Waals surface area (Å²) in [4.78, 5) is 117. The Balaban J connectivity index is 1.45. The fourth-order valence-corrected chi connectivity index (χ4v) is 10.8. The quantitative estimate of drug-likeness (QED) is 0.0395. The van der Waals surface area contributed by atoms with Gasteiger partial charge in [-0.1, -0.05) is 72.0 Å². The van der Waals surface area contributed by atoms with E-state index in [4.69, 9.17) is 33.3 Å². The van der Waals surface area contributed by atoms with Crippen LogP contribution in [0, 0.1) is 5.92 Å². The molecule has 0 radical (unpaired) electrons. The number of amides is 6. The van der Waals surface area contributed by atoms with Crippen molar-refractivity contribution in [1.82, 2.24) is 52.1 Å². The van der Waals surface area contributed by atoms with Crippen LogP contribution in [0.3, 0.4) is 0 Å². The summed E-state index contributed by atoms with van der Waals surface area (Å²) in [5.74, 6) is -9.99. The number of nitrogens with zero attached hydrogens (tertiary/aromatic N) is 3. The Morgan fingerprint density at radius 1 is 0.921 bits per heavy atom. The molecule has 7 unspecified atom stereocenters. The second-order valence-electron chi connectivity index (χ2n) is 17.6. The highest BCUT2D eigenvalue weighted by Gasteiger charge is 2.40. The van der Waals surface area contributed by atoms with Crippen molar-refractivity contribution >= 4 is 115 Å². The summed E-state index contributed by atoms with van der Waals surface area (Å²) >= 11 is 12.0. The van der Waals surface area contributed by atoms with E-state index in [1.165, 1.54) is 40.9 Å². The molecule has 2 aromatic heterocycles. The van der Waals surface area contributed by atoms with Crippen LogP contribution in [0.5, 0.6) is 17.6 Å². The number of oxazole rings is 2. The van der Waals surface area contributed by atoms with Gasteiger partial charge in [0.2, 0.25) is 47.1 Å². The van der Waals surface area contributed by atoms with Crippen molar-refractivity contribution in [3.05, 3.63) is 53.0 Å². The number of ketones is 1. The fraction of sp³-hybridized carbons (Fsp3) is 0.511. The number of aliphatic hydroxyl groups is 2. The zero-order valence-corrected chi connectivity index (χ0v) is 45.1. The van der Waals surface area contributed by atoms with Crippen LogP contribution in [0.4, 0.5) is 0 Å². The van der Waals surface area contributed by atoms with E-state index in [1.807, 2.05) is 0 Å². The summed E-state index contributed by atoms with van der Waals surface area (Å²) in [6.07, 6.45) is 2.34. The number of thioether (sulfide) groups is 1. The Kier molecular flexibility index (Phi) is 22.9. The summed E-state index contributed by atoms with van der Waals surface area (Å²) in [6, 6.07) is -4.27. The number of thiocarbonyl (C=S) groups is 2. The molecule has 26 nitrogen and oxygen atoms in total. The molecule has 1 fully saturated rings. The van der Waals surface area contributed by atoms with Crippen LogP contribution in [0.1, 0.15) is 79.1 Å². The van der Waals surface area contributed by atoms with Crippen molar-refractivity contribution in [2.45, 2.75) is 88.2 Å². The second kappa shape index (κ2) is 28.8. The van der Waals surface area contributed by atoms with Crippen LogP contribution >= 0.6 is 57.8 Å². The van der Waals surface area contributed by atoms with Crippen molar-refractivity contribution in [2.75, 3.05) is 49.8 Å². The van der Waals surface area contributed by atoms with E-state index in [0.29, 0.717) is 17.7 Å². The molecule has 1 aromatic carbocycles. The summed E-state index contributed by atoms with van der Waals surface area (Å²) in [7, 11) is 1.78. The third kappa shape index (κ3) is 16.9. The number of rotatable bonds is 19. The Hall–Kier alpha value is -6.25. The largest absolute Gasteiger partial charge is 0.508 e. The lowest BCUT2D eigenvalue weighted by atomic mass is 10.0. The molecular weight excluding hydrogens is 1100 g/mol. The van der Waals surface area contributed by atoms with Gasteiger partial charge < -0.3 is 81.6 Å². The normalized spacial score (nSPS) is 20.5. The summed E-state index contributed by atoms with van der Waals surface area (Å²) in [5, 5.41) is 79.2. The summed E-state index contributed by atoms with van der Waals surface area (Å²) in [5.41, 5.74) is -0.206. The number of carbonyl (C=O) groups excluding carboxylic acids is 7. The molecule has 2 aliphatic rings. The maximum absolute atomic E-state index is 14.7. The third-order valence-corrected chi connectivity index (χ3v) is 15.1. The molecule has 76 heavy (non-hydrogen) atoms. The van der Waals surface area contributed by atoms with E-state index in [0.717, 1.165) is 21.6 Å². The monoisotopic (exact) mass is 1150 g/mol. The molecule has 13 N–H and O–H groups in total. The zero-order chi connectivity index (χ0) is 55.8. The smallest absolute Gasteiger partial charge is 0.326 e. The Morgan fingerprint density at radius 2 is 1.63 bits per heavy atom. The number of benzene rings is 1. The van der Waals surface area contributed by atoms with Crippen LogP contribution in [0.15, 0.2) is 33.1 Å². The van der Waals surface area contributed by atoms with Crippen molar-refractivity contribution in [1.29, 1.82) is 0 Å². The molecule has 6 amide bonds. The van der Waals surface area contributed by atoms with Crippen LogP contribution in [-0.2, 0) is 40.0 Å². The number of aromatic nitrogens is 2. The number of aliphatic carboxylic acids is 1. The molecular formula is C45H58N10O16S5. The number of fused-ring (bicyclic) bond motifs is 4. The number of nitrogens with one attached hydrogen (secondary N) is 7. The average Bonchev–Trinajstić information content (AvgIpc) is 4.13. The average molecular weight is 1160 g/mol. The molecule has 0 saturated carbocycles. The van der Waals surface area contributed by atoms with Gasteiger partial charge in [0.1, 0.15) is 58.0 Å². The molecule has 4 heterocycles. The number of carbonyl (C=O) groups is 8. The number of carboxylic acids is 1. The fourth-order valence-electron chi connectivity index (χ4n) is 7.50. The zero-order valence-electron chi connectivity index (χ0n) is 41.1. The van der Waals surface area contributed by atoms with Gasteiger partial charge in [0.15, 0.2) is 11.4 Å². The third-order valence-electron chi connectivity index (χ3n) is 11.4. The molecule has 7 atom stereocenters. The second-order valence-corrected chi connectivity index (χ2v) is 21.9. The number of hydrogen-bond donors (Lipinski definition) is 13. The topological polar surface area (TPSA) is 397 Å². The highest BCUT2D eigenvalue weighted by molar-refractivity contribution is 8.76. The Bertz CT molecular complexity index is 2620. The molecule has 2 aliphatic heterocycles. The van der Waals surface area contributed by atoms with Crippen molar-refractivity contribution in [3.8, 4) is 17.6 Å². The number of aromatic hydroxyl groups is 3. The maximum atomic E-state index is 14.7. The number of aliphatic hydroxyl groups excluding tert-OH is 2. The molecule has 0 spiro atoms. The Labute approximate surface area is 457 Å². The highest BCUT2D eigenvalue weighted by Crippen LogP contribution is 2.35. The number of phenols is 1. The first-order valence-corrected chi connectivity index (χ1v) is 28.1. The van der Waals surface area contributed by atoms with E-state index < -0.39 is 127 Å². The van der Waals surface area contributed by atoms with Gasteiger partial charge in [-0.15, -0.1) is 0 Å². The standard InChI is InChI=1S/C45H58N10O16S5/c1-20(2)13-30(59)39-54-32(44(68)71-39)40(72)46-15-31(60)47-25(16-56)34(61)50-28-19-76-75-18-27(36(63)48-23(43(66)67)10-12-74-3)51-35(62)26(17-57)52-41(73)33-45(69)70-38(53-33)29-5-4-11-55(29)42(65)24(49-37(28)64)14-21-6-8-22(58)9-7-21/h6-9,20,23-29,56-58,68-69H,4-5,10-19H2,1-3H3,(H,46,72)(H,47,60)(H,48,63)(H,49,64)(H,50,61)(H,51,62)(H,52,73)(H,66,67). The first-order valence-electron chi connectivity index (χ1n) is 23.4. The minimum absolute atomic E-state index is 0.0175. The van der Waals surface area contributed by atoms with Crippen molar-refractivity contribution < 1.29 is 77.8 Å². The molecule has 1 saturated heterocycles. The lowest BCUT2D eigenvalue weighted by Gasteiger charge is -2.29. The Morgan fingerprint density at radius 3 is 2.29 bits per heavy atom. The van der Waals surface area contributed by atoms with Crippen LogP contribution in [-0.4, -0.2) is 189 Å². The first kappa shape index (κ1) is 60.6. The predicted octanol–water partition coefficient (Wildman–Crippen LogP) is -0.845. The summed E-state index contributed by atoms with van der Waals surface area (Å²) in [6.45, 7) is 1.16. The minimum atomic E-state index is -1.71. The lowest BCUT2D eigenvalue weighted by molar-refractivity contribution is -0.142. The van der Waals surface area contributed by atoms with E-state index in [1.54, 1.807) is 20.1 Å². The molecule has 0 aliphatic carbocycles. The van der Waals surface area contributed by atoms with Crippen molar-refractivity contribution in [2.24, 2.45) is 5.92 Å².